The van der Waals surface area contributed by atoms with Crippen molar-refractivity contribution in [3.8, 4) is 0 Å². The lowest BCUT2D eigenvalue weighted by Gasteiger charge is -2.16. The molecule has 7 heteroatoms. The molecule has 17 heavy (non-hydrogen) atoms. The Bertz CT molecular complexity index is 415. The molecule has 1 aromatic rings. The van der Waals surface area contributed by atoms with Crippen molar-refractivity contribution in [2.45, 2.75) is 12.2 Å². The summed E-state index contributed by atoms with van der Waals surface area (Å²) in [5.41, 5.74) is -0.317. The van der Waals surface area contributed by atoms with Gasteiger partial charge in [0.15, 0.2) is 6.10 Å². The minimum atomic E-state index is -1.93. The van der Waals surface area contributed by atoms with Crippen molar-refractivity contribution in [2.75, 3.05) is 7.11 Å². The molecule has 1 aromatic carbocycles. The topological polar surface area (TPSA) is 66.8 Å². The van der Waals surface area contributed by atoms with Gasteiger partial charge in [-0.05, 0) is 17.7 Å². The number of methoxy groups -OCH3 is 1. The number of hydrogen-bond donors (Lipinski definition) is 2. The molecule has 2 atom stereocenters. The first kappa shape index (κ1) is 13.8. The van der Waals surface area contributed by atoms with E-state index >= 15 is 0 Å². The Morgan fingerprint density at radius 1 is 1.35 bits per heavy atom. The smallest absolute Gasteiger partial charge is 0.337 e. The quantitative estimate of drug-likeness (QED) is 0.637. The molecule has 2 N–H and O–H groups in total. The molecule has 0 spiro atoms. The summed E-state index contributed by atoms with van der Waals surface area (Å²) < 4.78 is 30.3. The Balaban J connectivity index is 3.04. The predicted octanol–water partition coefficient (Wildman–Crippen LogP) is 1.19. The molecule has 2 unspecified atom stereocenters. The molecule has 0 aromatic heterocycles. The fourth-order valence-electron chi connectivity index (χ4n) is 1.18. The van der Waals surface area contributed by atoms with Crippen LogP contribution in [-0.2, 0) is 9.53 Å². The van der Waals surface area contributed by atoms with E-state index in [4.69, 9.17) is 11.6 Å². The first-order chi connectivity index (χ1) is 7.88. The lowest BCUT2D eigenvalue weighted by atomic mass is 10.0. The number of halogens is 3. The van der Waals surface area contributed by atoms with E-state index in [1.54, 1.807) is 0 Å². The zero-order chi connectivity index (χ0) is 13.2. The Morgan fingerprint density at radius 2 is 1.82 bits per heavy atom. The summed E-state index contributed by atoms with van der Waals surface area (Å²) in [6, 6.07) is 1.45. The van der Waals surface area contributed by atoms with Gasteiger partial charge < -0.3 is 14.9 Å². The summed E-state index contributed by atoms with van der Waals surface area (Å²) >= 11 is 5.24. The van der Waals surface area contributed by atoms with Gasteiger partial charge in [-0.3, -0.25) is 0 Å². The second kappa shape index (κ2) is 5.39. The number of aliphatic hydroxyl groups is 2. The number of carbonyl (C=O) groups is 1. The highest BCUT2D eigenvalue weighted by molar-refractivity contribution is 6.30. The number of benzene rings is 1. The minimum Gasteiger partial charge on any atom is -0.467 e. The third kappa shape index (κ3) is 2.91. The molecule has 94 valence electrons. The van der Waals surface area contributed by atoms with Gasteiger partial charge >= 0.3 is 5.97 Å². The van der Waals surface area contributed by atoms with Crippen molar-refractivity contribution in [3.63, 3.8) is 0 Å². The van der Waals surface area contributed by atoms with Gasteiger partial charge in [0.05, 0.1) is 7.11 Å². The molecule has 1 rings (SSSR count). The fraction of sp³-hybridized carbons (Fsp3) is 0.300. The van der Waals surface area contributed by atoms with Crippen LogP contribution in [0.1, 0.15) is 11.7 Å². The average molecular weight is 267 g/mol. The van der Waals surface area contributed by atoms with Crippen LogP contribution in [-0.4, -0.2) is 29.4 Å². The molecular weight excluding hydrogens is 258 g/mol. The first-order valence-electron chi connectivity index (χ1n) is 4.47. The van der Waals surface area contributed by atoms with E-state index in [1.807, 2.05) is 0 Å². The van der Waals surface area contributed by atoms with E-state index in [1.165, 1.54) is 0 Å². The van der Waals surface area contributed by atoms with Crippen molar-refractivity contribution < 1.29 is 28.5 Å². The number of aliphatic hydroxyl groups excluding tert-OH is 2. The maximum absolute atomic E-state index is 13.1. The van der Waals surface area contributed by atoms with E-state index in [0.717, 1.165) is 19.2 Å². The molecule has 4 nitrogen and oxygen atoms in total. The van der Waals surface area contributed by atoms with Crippen LogP contribution in [0.25, 0.3) is 0 Å². The minimum absolute atomic E-state index is 0.317. The van der Waals surface area contributed by atoms with Crippen molar-refractivity contribution >= 4 is 17.6 Å². The van der Waals surface area contributed by atoms with E-state index < -0.39 is 34.8 Å². The third-order valence-electron chi connectivity index (χ3n) is 2.09. The lowest BCUT2D eigenvalue weighted by Crippen LogP contribution is -2.29. The molecule has 0 saturated heterocycles. The summed E-state index contributed by atoms with van der Waals surface area (Å²) in [6.07, 6.45) is -3.73. The maximum Gasteiger partial charge on any atom is 0.337 e. The highest BCUT2D eigenvalue weighted by Gasteiger charge is 2.27. The number of carbonyl (C=O) groups excluding carboxylic acids is 1. The first-order valence-corrected chi connectivity index (χ1v) is 4.84. The summed E-state index contributed by atoms with van der Waals surface area (Å²) in [5, 5.41) is 18.1. The zero-order valence-corrected chi connectivity index (χ0v) is 9.41. The van der Waals surface area contributed by atoms with Crippen LogP contribution < -0.4 is 0 Å². The van der Waals surface area contributed by atoms with E-state index in [9.17, 15) is 23.8 Å². The molecular formula is C10H9ClF2O4. The zero-order valence-electron chi connectivity index (χ0n) is 8.65. The summed E-state index contributed by atoms with van der Waals surface area (Å²) in [5.74, 6) is -3.32. The van der Waals surface area contributed by atoms with Gasteiger partial charge in [-0.1, -0.05) is 11.6 Å². The van der Waals surface area contributed by atoms with Crippen molar-refractivity contribution in [1.82, 2.24) is 0 Å². The number of esters is 1. The summed E-state index contributed by atoms with van der Waals surface area (Å²) in [6.45, 7) is 0. The Morgan fingerprint density at radius 3 is 2.24 bits per heavy atom. The Kier molecular flexibility index (Phi) is 4.39. The van der Waals surface area contributed by atoms with Gasteiger partial charge in [0.25, 0.3) is 0 Å². The average Bonchev–Trinajstić information content (AvgIpc) is 2.32. The highest BCUT2D eigenvalue weighted by Crippen LogP contribution is 2.25. The summed E-state index contributed by atoms with van der Waals surface area (Å²) in [4.78, 5) is 10.9. The van der Waals surface area contributed by atoms with Crippen LogP contribution in [0.2, 0.25) is 5.02 Å². The number of hydrogen-bond acceptors (Lipinski definition) is 4. The standard InChI is InChI=1S/C10H9ClF2O4/c1-17-10(16)9(15)8(14)4-2-5(12)7(11)6(13)3-4/h2-3,8-9,14-15H,1H3. The van der Waals surface area contributed by atoms with Crippen LogP contribution >= 0.6 is 11.6 Å². The monoisotopic (exact) mass is 266 g/mol. The molecule has 0 saturated carbocycles. The molecule has 0 aliphatic carbocycles. The van der Waals surface area contributed by atoms with Crippen LogP contribution in [0.4, 0.5) is 8.78 Å². The van der Waals surface area contributed by atoms with Gasteiger partial charge in [-0.2, -0.15) is 0 Å². The third-order valence-corrected chi connectivity index (χ3v) is 2.45. The number of ether oxygens (including phenoxy) is 1. The lowest BCUT2D eigenvalue weighted by molar-refractivity contribution is -0.156. The van der Waals surface area contributed by atoms with Crippen LogP contribution in [0, 0.1) is 11.6 Å². The Labute approximate surface area is 100 Å². The second-order valence-corrected chi connectivity index (χ2v) is 3.59. The van der Waals surface area contributed by atoms with Crippen molar-refractivity contribution in [3.05, 3.63) is 34.4 Å². The molecule has 0 amide bonds. The highest BCUT2D eigenvalue weighted by atomic mass is 35.5. The van der Waals surface area contributed by atoms with E-state index in [2.05, 4.69) is 4.74 Å². The van der Waals surface area contributed by atoms with Crippen LogP contribution in [0.3, 0.4) is 0 Å². The Hall–Kier alpha value is -1.24. The maximum atomic E-state index is 13.1. The molecule has 0 radical (unpaired) electrons. The molecule has 0 aliphatic rings. The SMILES string of the molecule is COC(=O)C(O)C(O)c1cc(F)c(Cl)c(F)c1. The molecule has 0 fully saturated rings. The van der Waals surface area contributed by atoms with Crippen molar-refractivity contribution in [2.24, 2.45) is 0 Å². The van der Waals surface area contributed by atoms with Gasteiger partial charge in [-0.15, -0.1) is 0 Å². The van der Waals surface area contributed by atoms with E-state index in [0.29, 0.717) is 0 Å². The van der Waals surface area contributed by atoms with Gasteiger partial charge in [0.2, 0.25) is 0 Å². The van der Waals surface area contributed by atoms with Gasteiger partial charge in [-0.25, -0.2) is 13.6 Å². The van der Waals surface area contributed by atoms with E-state index in [-0.39, 0.29) is 5.56 Å². The largest absolute Gasteiger partial charge is 0.467 e. The summed E-state index contributed by atoms with van der Waals surface area (Å²) in [7, 11) is 1.00. The van der Waals surface area contributed by atoms with Crippen LogP contribution in [0.5, 0.6) is 0 Å². The fourth-order valence-corrected chi connectivity index (χ4v) is 1.29. The predicted molar refractivity (Wildman–Crippen MR) is 54.4 cm³/mol. The second-order valence-electron chi connectivity index (χ2n) is 3.21. The number of rotatable bonds is 3. The molecule has 0 bridgehead atoms. The normalized spacial score (nSPS) is 14.2. The van der Waals surface area contributed by atoms with Gasteiger partial charge in [0.1, 0.15) is 22.8 Å². The van der Waals surface area contributed by atoms with Crippen molar-refractivity contribution in [1.29, 1.82) is 0 Å². The van der Waals surface area contributed by atoms with Crippen LogP contribution in [0.15, 0.2) is 12.1 Å². The van der Waals surface area contributed by atoms with Gasteiger partial charge in [0, 0.05) is 0 Å². The molecule has 0 heterocycles. The molecule has 0 aliphatic heterocycles.